The Morgan fingerprint density at radius 3 is 2.68 bits per heavy atom. The van der Waals surface area contributed by atoms with Gasteiger partial charge in [0, 0.05) is 24.3 Å². The van der Waals surface area contributed by atoms with Crippen LogP contribution in [0.15, 0.2) is 36.4 Å². The van der Waals surface area contributed by atoms with Gasteiger partial charge in [0.25, 0.3) is 0 Å². The monoisotopic (exact) mass is 430 g/mol. The number of carbonyl (C=O) groups is 2. The highest BCUT2D eigenvalue weighted by molar-refractivity contribution is 6.09. The fraction of sp³-hybridized carbons (Fsp3) is 0.391. The third-order valence-corrected chi connectivity index (χ3v) is 5.60. The zero-order valence-corrected chi connectivity index (χ0v) is 17.2. The number of ether oxygens (including phenoxy) is 2. The van der Waals surface area contributed by atoms with E-state index in [4.69, 9.17) is 9.47 Å². The van der Waals surface area contributed by atoms with E-state index in [2.05, 4.69) is 5.32 Å². The van der Waals surface area contributed by atoms with Crippen LogP contribution in [0.4, 0.5) is 14.5 Å². The van der Waals surface area contributed by atoms with Gasteiger partial charge in [0.05, 0.1) is 0 Å². The van der Waals surface area contributed by atoms with Crippen molar-refractivity contribution >= 4 is 17.5 Å². The molecule has 4 rings (SSSR count). The topological polar surface area (TPSA) is 67.9 Å². The van der Waals surface area contributed by atoms with Gasteiger partial charge in [0.15, 0.2) is 23.1 Å². The van der Waals surface area contributed by atoms with E-state index in [9.17, 15) is 18.4 Å². The molecule has 0 saturated carbocycles. The van der Waals surface area contributed by atoms with E-state index in [1.165, 1.54) is 6.07 Å². The van der Waals surface area contributed by atoms with Crippen molar-refractivity contribution in [2.75, 3.05) is 24.7 Å². The van der Waals surface area contributed by atoms with E-state index in [0.717, 1.165) is 12.1 Å². The molecule has 0 aliphatic carbocycles. The smallest absolute Gasteiger partial charge is 0.239 e. The normalized spacial score (nSPS) is 18.7. The average molecular weight is 430 g/mol. The Hall–Kier alpha value is -3.16. The van der Waals surface area contributed by atoms with Crippen LogP contribution in [0.2, 0.25) is 0 Å². The average Bonchev–Trinajstić information content (AvgIpc) is 3.15. The quantitative estimate of drug-likeness (QED) is 0.715. The minimum absolute atomic E-state index is 0.211. The number of benzene rings is 2. The molecule has 2 unspecified atom stereocenters. The molecule has 2 aliphatic heterocycles. The van der Waals surface area contributed by atoms with Gasteiger partial charge in [-0.1, -0.05) is 6.07 Å². The standard InChI is InChI=1S/C23H24F2N2O4/c1-14(2-3-15-4-6-18(24)19(25)12-15)26-22(28)17-8-9-27(23(17)29)16-5-7-20-21(13-16)31-11-10-30-20/h4-7,12-14,17H,2-3,8-11H2,1H3,(H,26,28). The minimum atomic E-state index is -0.884. The van der Waals surface area contributed by atoms with Crippen LogP contribution in [-0.4, -0.2) is 37.6 Å². The predicted molar refractivity (Wildman–Crippen MR) is 110 cm³/mol. The fourth-order valence-electron chi connectivity index (χ4n) is 3.87. The summed E-state index contributed by atoms with van der Waals surface area (Å²) in [7, 11) is 0. The van der Waals surface area contributed by atoms with Gasteiger partial charge in [-0.3, -0.25) is 9.59 Å². The highest BCUT2D eigenvalue weighted by atomic mass is 19.2. The zero-order chi connectivity index (χ0) is 22.0. The number of nitrogens with one attached hydrogen (secondary N) is 1. The van der Waals surface area contributed by atoms with Gasteiger partial charge >= 0.3 is 0 Å². The van der Waals surface area contributed by atoms with Crippen molar-refractivity contribution in [3.05, 3.63) is 53.6 Å². The number of carbonyl (C=O) groups excluding carboxylic acids is 2. The molecular formula is C23H24F2N2O4. The summed E-state index contributed by atoms with van der Waals surface area (Å²) in [5.41, 5.74) is 1.33. The number of halogens is 2. The van der Waals surface area contributed by atoms with Crippen molar-refractivity contribution < 1.29 is 27.8 Å². The van der Waals surface area contributed by atoms with Crippen LogP contribution in [0.25, 0.3) is 0 Å². The predicted octanol–water partition coefficient (Wildman–Crippen LogP) is 3.23. The van der Waals surface area contributed by atoms with Crippen LogP contribution in [-0.2, 0) is 16.0 Å². The summed E-state index contributed by atoms with van der Waals surface area (Å²) in [6.45, 7) is 3.22. The summed E-state index contributed by atoms with van der Waals surface area (Å²) in [5, 5.41) is 2.87. The molecule has 6 nitrogen and oxygen atoms in total. The second-order valence-corrected chi connectivity index (χ2v) is 7.86. The zero-order valence-electron chi connectivity index (χ0n) is 17.2. The fourth-order valence-corrected chi connectivity index (χ4v) is 3.87. The lowest BCUT2D eigenvalue weighted by molar-refractivity contribution is -0.132. The van der Waals surface area contributed by atoms with Crippen molar-refractivity contribution in [2.24, 2.45) is 5.92 Å². The molecule has 1 N–H and O–H groups in total. The van der Waals surface area contributed by atoms with Gasteiger partial charge in [0.2, 0.25) is 11.8 Å². The maximum Gasteiger partial charge on any atom is 0.239 e. The number of fused-ring (bicyclic) bond motifs is 1. The van der Waals surface area contributed by atoms with E-state index < -0.39 is 17.6 Å². The molecule has 164 valence electrons. The third-order valence-electron chi connectivity index (χ3n) is 5.60. The molecule has 2 atom stereocenters. The molecule has 8 heteroatoms. The van der Waals surface area contributed by atoms with Gasteiger partial charge in [-0.15, -0.1) is 0 Å². The molecule has 2 aromatic carbocycles. The number of amides is 2. The molecule has 2 aliphatic rings. The Morgan fingerprint density at radius 2 is 1.90 bits per heavy atom. The Labute approximate surface area is 179 Å². The molecule has 1 saturated heterocycles. The molecule has 0 aromatic heterocycles. The summed E-state index contributed by atoms with van der Waals surface area (Å²) in [6, 6.07) is 8.89. The molecule has 0 radical (unpaired) electrons. The van der Waals surface area contributed by atoms with Crippen molar-refractivity contribution in [1.82, 2.24) is 5.32 Å². The van der Waals surface area contributed by atoms with Crippen molar-refractivity contribution in [2.45, 2.75) is 32.2 Å². The number of hydrogen-bond acceptors (Lipinski definition) is 4. The molecular weight excluding hydrogens is 406 g/mol. The van der Waals surface area contributed by atoms with Crippen LogP contribution < -0.4 is 19.7 Å². The molecule has 2 heterocycles. The first kappa shape index (κ1) is 21.1. The van der Waals surface area contributed by atoms with E-state index in [1.54, 1.807) is 23.1 Å². The van der Waals surface area contributed by atoms with Gasteiger partial charge in [-0.2, -0.15) is 0 Å². The lowest BCUT2D eigenvalue weighted by atomic mass is 10.0. The molecule has 31 heavy (non-hydrogen) atoms. The van der Waals surface area contributed by atoms with E-state index >= 15 is 0 Å². The lowest BCUT2D eigenvalue weighted by Crippen LogP contribution is -2.41. The molecule has 2 amide bonds. The molecule has 0 bridgehead atoms. The second-order valence-electron chi connectivity index (χ2n) is 7.86. The minimum Gasteiger partial charge on any atom is -0.486 e. The molecule has 2 aromatic rings. The Kier molecular flexibility index (Phi) is 6.06. The third kappa shape index (κ3) is 4.62. The lowest BCUT2D eigenvalue weighted by Gasteiger charge is -2.22. The van der Waals surface area contributed by atoms with Crippen LogP contribution in [0.5, 0.6) is 11.5 Å². The Morgan fingerprint density at radius 1 is 1.13 bits per heavy atom. The number of anilines is 1. The van der Waals surface area contributed by atoms with Gasteiger partial charge in [0.1, 0.15) is 19.1 Å². The summed E-state index contributed by atoms with van der Waals surface area (Å²) in [6.07, 6.45) is 1.46. The SMILES string of the molecule is CC(CCc1ccc(F)c(F)c1)NC(=O)C1CCN(c2ccc3c(c2)OCCO3)C1=O. The first-order valence-corrected chi connectivity index (χ1v) is 10.4. The maximum atomic E-state index is 13.3. The van der Waals surface area contributed by atoms with Crippen molar-refractivity contribution in [3.63, 3.8) is 0 Å². The number of aryl methyl sites for hydroxylation is 1. The van der Waals surface area contributed by atoms with Crippen LogP contribution in [0.1, 0.15) is 25.3 Å². The van der Waals surface area contributed by atoms with Gasteiger partial charge in [-0.25, -0.2) is 8.78 Å². The van der Waals surface area contributed by atoms with Crippen molar-refractivity contribution in [1.29, 1.82) is 0 Å². The van der Waals surface area contributed by atoms with Crippen LogP contribution >= 0.6 is 0 Å². The Bertz CT molecular complexity index is 998. The van der Waals surface area contributed by atoms with Crippen LogP contribution in [0, 0.1) is 17.6 Å². The first-order chi connectivity index (χ1) is 14.9. The second kappa shape index (κ2) is 8.91. The van der Waals surface area contributed by atoms with E-state index in [1.807, 2.05) is 6.92 Å². The number of hydrogen-bond donors (Lipinski definition) is 1. The Balaban J connectivity index is 1.33. The first-order valence-electron chi connectivity index (χ1n) is 10.4. The van der Waals surface area contributed by atoms with E-state index in [-0.39, 0.29) is 17.9 Å². The summed E-state index contributed by atoms with van der Waals surface area (Å²) in [4.78, 5) is 27.1. The summed E-state index contributed by atoms with van der Waals surface area (Å²) in [5.74, 6) is -1.85. The number of nitrogens with zero attached hydrogens (tertiary/aromatic N) is 1. The highest BCUT2D eigenvalue weighted by Crippen LogP contribution is 2.36. The van der Waals surface area contributed by atoms with Crippen LogP contribution in [0.3, 0.4) is 0 Å². The van der Waals surface area contributed by atoms with Crippen molar-refractivity contribution in [3.8, 4) is 11.5 Å². The maximum absolute atomic E-state index is 13.3. The van der Waals surface area contributed by atoms with E-state index in [0.29, 0.717) is 61.8 Å². The summed E-state index contributed by atoms with van der Waals surface area (Å²) < 4.78 is 37.4. The molecule has 0 spiro atoms. The molecule has 1 fully saturated rings. The highest BCUT2D eigenvalue weighted by Gasteiger charge is 2.38. The summed E-state index contributed by atoms with van der Waals surface area (Å²) >= 11 is 0. The number of rotatable bonds is 6. The van der Waals surface area contributed by atoms with Gasteiger partial charge < -0.3 is 19.7 Å². The largest absolute Gasteiger partial charge is 0.486 e. The van der Waals surface area contributed by atoms with Gasteiger partial charge in [-0.05, 0) is 56.0 Å².